The molecule has 5 rings (SSSR count). The van der Waals surface area contributed by atoms with Crippen LogP contribution in [0.3, 0.4) is 0 Å². The Hall–Kier alpha value is -4.01. The third kappa shape index (κ3) is 4.28. The number of nitrogens with one attached hydrogen (secondary N) is 1. The van der Waals surface area contributed by atoms with Crippen molar-refractivity contribution in [2.24, 2.45) is 5.92 Å². The molecule has 0 aliphatic heterocycles. The summed E-state index contributed by atoms with van der Waals surface area (Å²) in [5, 5.41) is 13.8. The van der Waals surface area contributed by atoms with Gasteiger partial charge in [0.05, 0.1) is 22.4 Å². The third-order valence-corrected chi connectivity index (χ3v) is 6.49. The van der Waals surface area contributed by atoms with Crippen LogP contribution in [0.25, 0.3) is 16.7 Å². The maximum atomic E-state index is 14.2. The second kappa shape index (κ2) is 9.09. The first kappa shape index (κ1) is 21.8. The second-order valence-electron chi connectivity index (χ2n) is 8.66. The van der Waals surface area contributed by atoms with Crippen LogP contribution in [-0.2, 0) is 0 Å². The van der Waals surface area contributed by atoms with Crippen LogP contribution in [0.4, 0.5) is 14.9 Å². The molecule has 0 atom stereocenters. The first-order valence-electron chi connectivity index (χ1n) is 11.3. The molecule has 174 valence electrons. The Balaban J connectivity index is 1.28. The molecule has 2 N–H and O–H groups in total. The van der Waals surface area contributed by atoms with Crippen LogP contribution in [-0.4, -0.2) is 37.5 Å². The van der Waals surface area contributed by atoms with Crippen molar-refractivity contribution in [3.8, 4) is 5.69 Å². The number of rotatable bonds is 5. The summed E-state index contributed by atoms with van der Waals surface area (Å²) in [4.78, 5) is 33.1. The number of fused-ring (bicyclic) bond motifs is 1. The van der Waals surface area contributed by atoms with Gasteiger partial charge in [-0.1, -0.05) is 12.1 Å². The zero-order valence-electron chi connectivity index (χ0n) is 18.4. The van der Waals surface area contributed by atoms with Crippen LogP contribution in [0.15, 0.2) is 65.6 Å². The first-order chi connectivity index (χ1) is 16.5. The number of amides is 1. The lowest BCUT2D eigenvalue weighted by atomic mass is 9.81. The number of imidazole rings is 1. The number of H-pyrrole nitrogens is 1. The van der Waals surface area contributed by atoms with Gasteiger partial charge in [0, 0.05) is 24.7 Å². The molecule has 1 aliphatic rings. The van der Waals surface area contributed by atoms with Crippen molar-refractivity contribution in [3.05, 3.63) is 82.8 Å². The maximum absolute atomic E-state index is 14.2. The van der Waals surface area contributed by atoms with Gasteiger partial charge in [-0.3, -0.25) is 9.69 Å². The summed E-state index contributed by atoms with van der Waals surface area (Å²) >= 11 is 0. The molecule has 0 spiro atoms. The Morgan fingerprint density at radius 2 is 1.91 bits per heavy atom. The largest absolute Gasteiger partial charge is 0.465 e. The Morgan fingerprint density at radius 1 is 1.12 bits per heavy atom. The quantitative estimate of drug-likeness (QED) is 0.448. The van der Waals surface area contributed by atoms with Crippen molar-refractivity contribution in [1.29, 1.82) is 0 Å². The zero-order valence-corrected chi connectivity index (χ0v) is 18.4. The van der Waals surface area contributed by atoms with E-state index < -0.39 is 11.9 Å². The number of benzene rings is 2. The fourth-order valence-corrected chi connectivity index (χ4v) is 4.72. The van der Waals surface area contributed by atoms with Gasteiger partial charge in [-0.2, -0.15) is 9.78 Å². The molecule has 0 saturated heterocycles. The second-order valence-corrected chi connectivity index (χ2v) is 8.66. The van der Waals surface area contributed by atoms with E-state index in [0.717, 1.165) is 47.4 Å². The van der Waals surface area contributed by atoms with E-state index >= 15 is 0 Å². The van der Waals surface area contributed by atoms with E-state index in [9.17, 15) is 19.1 Å². The first-order valence-corrected chi connectivity index (χ1v) is 11.3. The molecule has 8 nitrogen and oxygen atoms in total. The lowest BCUT2D eigenvalue weighted by molar-refractivity contribution is 0.198. The van der Waals surface area contributed by atoms with Gasteiger partial charge in [0.25, 0.3) is 5.56 Å². The Labute approximate surface area is 194 Å². The van der Waals surface area contributed by atoms with Crippen LogP contribution in [0, 0.1) is 11.7 Å². The van der Waals surface area contributed by atoms with Gasteiger partial charge in [-0.25, -0.2) is 14.2 Å². The highest BCUT2D eigenvalue weighted by atomic mass is 19.1. The molecule has 1 saturated carbocycles. The summed E-state index contributed by atoms with van der Waals surface area (Å²) in [5.41, 5.74) is 2.21. The van der Waals surface area contributed by atoms with Crippen molar-refractivity contribution in [2.75, 3.05) is 11.4 Å². The molecule has 0 bridgehead atoms. The highest BCUT2D eigenvalue weighted by molar-refractivity contribution is 5.86. The maximum Gasteiger partial charge on any atom is 0.411 e. The van der Waals surface area contributed by atoms with E-state index in [4.69, 9.17) is 4.98 Å². The summed E-state index contributed by atoms with van der Waals surface area (Å²) in [5.74, 6) is 0.742. The van der Waals surface area contributed by atoms with E-state index in [1.807, 2.05) is 18.2 Å². The standard InChI is InChI=1S/C25H24FN5O3/c26-19-4-1-2-5-22(19)30(25(33)34)15-16-7-9-17(10-8-16)24-28-20-12-11-18(14-21(20)29-24)31-23(32)6-3-13-27-31/h1-6,11-14,16-17H,7-10,15H2,(H,28,29)(H,33,34). The molecule has 1 amide bonds. The minimum absolute atomic E-state index is 0.0947. The molecule has 4 aromatic rings. The van der Waals surface area contributed by atoms with Crippen molar-refractivity contribution in [1.82, 2.24) is 19.7 Å². The van der Waals surface area contributed by atoms with Gasteiger partial charge in [-0.05, 0) is 68.0 Å². The molecule has 2 heterocycles. The Morgan fingerprint density at radius 3 is 2.65 bits per heavy atom. The van der Waals surface area contributed by atoms with Crippen molar-refractivity contribution in [2.45, 2.75) is 31.6 Å². The van der Waals surface area contributed by atoms with E-state index in [2.05, 4.69) is 10.1 Å². The summed E-state index contributed by atoms with van der Waals surface area (Å²) in [6.45, 7) is 0.269. The van der Waals surface area contributed by atoms with Crippen molar-refractivity contribution < 1.29 is 14.3 Å². The number of carboxylic acid groups (broad SMARTS) is 1. The van der Waals surface area contributed by atoms with Crippen LogP contribution in [0.2, 0.25) is 0 Å². The normalized spacial score (nSPS) is 18.1. The number of anilines is 1. The summed E-state index contributed by atoms with van der Waals surface area (Å²) in [7, 11) is 0. The topological polar surface area (TPSA) is 104 Å². The number of carbonyl (C=O) groups is 1. The minimum Gasteiger partial charge on any atom is -0.465 e. The molecular weight excluding hydrogens is 437 g/mol. The van der Waals surface area contributed by atoms with E-state index in [1.165, 1.54) is 22.9 Å². The number of aromatic nitrogens is 4. The molecule has 0 radical (unpaired) electrons. The summed E-state index contributed by atoms with van der Waals surface area (Å²) in [6.07, 6.45) is 3.81. The van der Waals surface area contributed by atoms with Gasteiger partial charge < -0.3 is 10.1 Å². The Bertz CT molecular complexity index is 1390. The summed E-state index contributed by atoms with van der Waals surface area (Å²) < 4.78 is 15.5. The smallest absolute Gasteiger partial charge is 0.411 e. The van der Waals surface area contributed by atoms with E-state index in [1.54, 1.807) is 24.4 Å². The molecule has 1 aliphatic carbocycles. The van der Waals surface area contributed by atoms with Crippen molar-refractivity contribution in [3.63, 3.8) is 0 Å². The van der Waals surface area contributed by atoms with E-state index in [0.29, 0.717) is 5.69 Å². The number of nitrogens with zero attached hydrogens (tertiary/aromatic N) is 4. The predicted molar refractivity (Wildman–Crippen MR) is 126 cm³/mol. The van der Waals surface area contributed by atoms with Crippen LogP contribution >= 0.6 is 0 Å². The molecule has 9 heteroatoms. The van der Waals surface area contributed by atoms with Crippen LogP contribution < -0.4 is 10.5 Å². The monoisotopic (exact) mass is 461 g/mol. The fourth-order valence-electron chi connectivity index (χ4n) is 4.72. The molecule has 2 aromatic carbocycles. The van der Waals surface area contributed by atoms with Gasteiger partial charge >= 0.3 is 6.09 Å². The van der Waals surface area contributed by atoms with Gasteiger partial charge in [0.1, 0.15) is 11.6 Å². The average Bonchev–Trinajstić information content (AvgIpc) is 3.27. The predicted octanol–water partition coefficient (Wildman–Crippen LogP) is 4.71. The molecule has 2 aromatic heterocycles. The van der Waals surface area contributed by atoms with Gasteiger partial charge in [0.15, 0.2) is 0 Å². The van der Waals surface area contributed by atoms with Gasteiger partial charge in [-0.15, -0.1) is 0 Å². The van der Waals surface area contributed by atoms with Crippen LogP contribution in [0.1, 0.15) is 37.4 Å². The molecule has 0 unspecified atom stereocenters. The average molecular weight is 461 g/mol. The lowest BCUT2D eigenvalue weighted by Crippen LogP contribution is -2.36. The molecular formula is C25H24FN5O3. The lowest BCUT2D eigenvalue weighted by Gasteiger charge is -2.31. The number of para-hydroxylation sites is 1. The highest BCUT2D eigenvalue weighted by Crippen LogP contribution is 2.36. The van der Waals surface area contributed by atoms with E-state index in [-0.39, 0.29) is 29.6 Å². The molecule has 34 heavy (non-hydrogen) atoms. The van der Waals surface area contributed by atoms with Crippen LogP contribution in [0.5, 0.6) is 0 Å². The number of hydrogen-bond acceptors (Lipinski definition) is 4. The number of aromatic amines is 1. The SMILES string of the molecule is O=C(O)N(CC1CCC(c2nc3ccc(-n4ncccc4=O)cc3[nH]2)CC1)c1ccccc1F. The summed E-state index contributed by atoms with van der Waals surface area (Å²) in [6, 6.07) is 14.6. The zero-order chi connectivity index (χ0) is 23.7. The third-order valence-electron chi connectivity index (χ3n) is 6.49. The number of hydrogen-bond donors (Lipinski definition) is 2. The number of halogens is 1. The fraction of sp³-hybridized carbons (Fsp3) is 0.280. The Kier molecular flexibility index (Phi) is 5.83. The van der Waals surface area contributed by atoms with Crippen molar-refractivity contribution >= 4 is 22.8 Å². The highest BCUT2D eigenvalue weighted by Gasteiger charge is 2.28. The minimum atomic E-state index is -1.15. The molecule has 1 fully saturated rings. The van der Waals surface area contributed by atoms with Gasteiger partial charge in [0.2, 0.25) is 0 Å².